The van der Waals surface area contributed by atoms with Gasteiger partial charge in [0.2, 0.25) is 11.6 Å². The molecule has 0 atom stereocenters. The second-order valence-corrected chi connectivity index (χ2v) is 29.9. The van der Waals surface area contributed by atoms with Gasteiger partial charge in [0, 0.05) is 160 Å². The van der Waals surface area contributed by atoms with Gasteiger partial charge in [0.15, 0.2) is 0 Å². The number of anilines is 4. The minimum atomic E-state index is -1.12. The number of aromatic nitrogens is 4. The standard InChI is InChI=1S/C39H49N7O5.C38H47N7O5.Na.H2O/c1-38(2)36(39(3,4)37(38)51-31-12-9-28(22-40)32(21-31)49-5)43-34(47)27-7-10-29(11-8-27)45-15-13-26(14-16-45)25-44-17-19-46(20-18-44)30-23-41-33(42-24-30)35(48)50-6;1-37(2)35(38(3,4)36(37)50-30-11-8-27(21-39)31(20-30)49-5)42-33(46)26-6-9-28(10-7-26)44-14-12-25(13-15-44)24-43-16-18-45(19-17-43)29-22-40-32(34(47)48)41-23-29;;/h7-12,21,23-24,26,36-37H,13-20,25H2,1-6H3,(H,43,47);6-11,20,22-23,25,35-36H,12-19,24H2,1-5H3,(H,42,46)(H,47,48);;1H2/q;;+1;/p-1. The van der Waals surface area contributed by atoms with E-state index in [9.17, 15) is 29.7 Å². The number of esters is 1. The molecule has 6 aromatic rings. The zero-order valence-corrected chi connectivity index (χ0v) is 63.5. The van der Waals surface area contributed by atoms with Crippen LogP contribution in [-0.4, -0.2) is 201 Å². The number of piperazine rings is 2. The summed E-state index contributed by atoms with van der Waals surface area (Å²) in [5.41, 5.74) is 4.96. The van der Waals surface area contributed by atoms with Gasteiger partial charge >= 0.3 is 41.5 Å². The second-order valence-electron chi connectivity index (χ2n) is 29.9. The molecule has 542 valence electrons. The normalized spacial score (nSPS) is 21.3. The molecule has 0 unspecified atom stereocenters. The second kappa shape index (κ2) is 33.3. The molecule has 0 spiro atoms. The number of nitrogens with zero attached hydrogens (tertiary/aromatic N) is 12. The van der Waals surface area contributed by atoms with E-state index in [0.717, 1.165) is 140 Å². The van der Waals surface area contributed by atoms with Crippen LogP contribution in [0.4, 0.5) is 22.7 Å². The van der Waals surface area contributed by atoms with Gasteiger partial charge in [0.1, 0.15) is 47.3 Å². The summed E-state index contributed by atoms with van der Waals surface area (Å²) in [4.78, 5) is 80.2. The number of aromatic carboxylic acids is 1. The van der Waals surface area contributed by atoms with E-state index in [-0.39, 0.29) is 104 Å². The molecular weight excluding hydrogens is 1320 g/mol. The number of methoxy groups -OCH3 is 3. The van der Waals surface area contributed by atoms with Crippen LogP contribution in [0.2, 0.25) is 0 Å². The molecule has 4 N–H and O–H groups in total. The molecule has 4 saturated heterocycles. The van der Waals surface area contributed by atoms with Crippen molar-refractivity contribution in [1.82, 2.24) is 40.4 Å². The number of ether oxygens (including phenoxy) is 5. The maximum atomic E-state index is 13.5. The third-order valence-electron chi connectivity index (χ3n) is 21.9. The Labute approximate surface area is 626 Å². The number of carbonyl (C=O) groups is 4. The summed E-state index contributed by atoms with van der Waals surface area (Å²) in [5, 5.41) is 34.3. The number of nitrogens with one attached hydrogen (secondary N) is 2. The third-order valence-corrected chi connectivity index (χ3v) is 21.9. The molecule has 2 aromatic heterocycles. The van der Waals surface area contributed by atoms with Crippen molar-refractivity contribution >= 4 is 46.5 Å². The van der Waals surface area contributed by atoms with Crippen LogP contribution in [0.15, 0.2) is 110 Å². The van der Waals surface area contributed by atoms with Crippen LogP contribution >= 0.6 is 0 Å². The molecule has 4 aromatic carbocycles. The Morgan fingerprint density at radius 2 is 0.816 bits per heavy atom. The van der Waals surface area contributed by atoms with Gasteiger partial charge in [-0.1, -0.05) is 55.4 Å². The summed E-state index contributed by atoms with van der Waals surface area (Å²) in [6.45, 7) is 30.5. The fraction of sp³-hybridized carbons (Fsp3) is 0.506. The van der Waals surface area contributed by atoms with E-state index in [1.165, 1.54) is 14.2 Å². The minimum absolute atomic E-state index is 0. The SMILES string of the molecule is COC(=O)c1ncc(N2CCN(CC3CCN(c4ccc(C(=O)NC5C(C)(C)C(Oc6ccc(C#N)c(OC)c6)C5(C)C)cc4)CC3)CC2)cn1.COc1cc(OC2C(C)(C)C(NC(=O)c3ccc(N4CCC(CN5CCN(c6cnc(C(=O)O)nc6)CC5)CC4)cc3)C2(C)C)ccc1C#N.[Na+].[OH-]. The van der Waals surface area contributed by atoms with Crippen molar-refractivity contribution in [1.29, 1.82) is 10.5 Å². The van der Waals surface area contributed by atoms with Gasteiger partial charge in [0.05, 0.1) is 68.6 Å². The number of hydrogen-bond donors (Lipinski definition) is 3. The molecule has 12 rings (SSSR count). The number of piperidine rings is 2. The van der Waals surface area contributed by atoms with Gasteiger partial charge < -0.3 is 64.5 Å². The molecule has 2 amide bonds. The molecule has 6 aliphatic rings. The first-order valence-electron chi connectivity index (χ1n) is 35.1. The summed E-state index contributed by atoms with van der Waals surface area (Å²) in [7, 11) is 4.40. The first-order chi connectivity index (χ1) is 48.3. The Bertz CT molecular complexity index is 3950. The zero-order valence-electron chi connectivity index (χ0n) is 61.5. The van der Waals surface area contributed by atoms with Crippen molar-refractivity contribution in [3.8, 4) is 35.1 Å². The van der Waals surface area contributed by atoms with Gasteiger partial charge in [0.25, 0.3) is 11.8 Å². The van der Waals surface area contributed by atoms with E-state index in [4.69, 9.17) is 28.8 Å². The van der Waals surface area contributed by atoms with Crippen molar-refractivity contribution in [2.45, 2.75) is 105 Å². The summed E-state index contributed by atoms with van der Waals surface area (Å²) >= 11 is 0. The topological polar surface area (TPSA) is 307 Å². The van der Waals surface area contributed by atoms with Crippen LogP contribution in [-0.2, 0) is 4.74 Å². The number of nitriles is 2. The zero-order chi connectivity index (χ0) is 72.0. The first-order valence-corrected chi connectivity index (χ1v) is 35.1. The van der Waals surface area contributed by atoms with Crippen molar-refractivity contribution < 1.29 is 83.0 Å². The Hall–Kier alpha value is -8.82. The van der Waals surface area contributed by atoms with E-state index in [1.54, 1.807) is 68.3 Å². The van der Waals surface area contributed by atoms with Gasteiger partial charge in [-0.2, -0.15) is 10.5 Å². The number of rotatable bonds is 20. The molecule has 6 fully saturated rings. The molecule has 0 radical (unpaired) electrons. The van der Waals surface area contributed by atoms with Gasteiger partial charge in [-0.15, -0.1) is 0 Å². The number of benzene rings is 4. The van der Waals surface area contributed by atoms with Crippen molar-refractivity contribution in [3.05, 3.63) is 144 Å². The molecule has 2 saturated carbocycles. The van der Waals surface area contributed by atoms with E-state index >= 15 is 0 Å². The monoisotopic (exact) mass is 1420 g/mol. The molecule has 103 heavy (non-hydrogen) atoms. The Morgan fingerprint density at radius 1 is 0.485 bits per heavy atom. The maximum absolute atomic E-state index is 13.5. The number of carbonyl (C=O) groups excluding carboxylic acids is 3. The number of hydrogen-bond acceptors (Lipinski definition) is 22. The Morgan fingerprint density at radius 3 is 1.13 bits per heavy atom. The molecule has 26 heteroatoms. The smallest absolute Gasteiger partial charge is 0.870 e. The predicted octanol–water partition coefficient (Wildman–Crippen LogP) is 6.33. The summed E-state index contributed by atoms with van der Waals surface area (Å²) < 4.78 is 28.3. The van der Waals surface area contributed by atoms with E-state index in [1.807, 2.05) is 24.3 Å². The first kappa shape index (κ1) is 78.3. The summed E-state index contributed by atoms with van der Waals surface area (Å²) in [6, 6.07) is 30.5. The Balaban J connectivity index is 0.000000235. The van der Waals surface area contributed by atoms with Gasteiger partial charge in [-0.25, -0.2) is 29.5 Å². The van der Waals surface area contributed by atoms with Crippen LogP contribution in [0.25, 0.3) is 0 Å². The quantitative estimate of drug-likeness (QED) is 0.0555. The van der Waals surface area contributed by atoms with Crippen LogP contribution < -0.4 is 78.7 Å². The molecule has 2 aliphatic carbocycles. The average molecular weight is 1420 g/mol. The predicted molar refractivity (Wildman–Crippen MR) is 386 cm³/mol. The summed E-state index contributed by atoms with van der Waals surface area (Å²) in [5.74, 6) is 1.60. The van der Waals surface area contributed by atoms with Crippen molar-refractivity contribution in [2.24, 2.45) is 33.5 Å². The molecule has 0 bridgehead atoms. The maximum Gasteiger partial charge on any atom is 1.00 e. The summed E-state index contributed by atoms with van der Waals surface area (Å²) in [6.07, 6.45) is 10.8. The molecule has 6 heterocycles. The molecule has 4 aliphatic heterocycles. The van der Waals surface area contributed by atoms with Crippen molar-refractivity contribution in [3.63, 3.8) is 0 Å². The van der Waals surface area contributed by atoms with E-state index in [2.05, 4.69) is 152 Å². The minimum Gasteiger partial charge on any atom is -0.870 e. The fourth-order valence-electron chi connectivity index (χ4n) is 16.8. The number of amides is 2. The molecular formula is C77H97N14NaO11. The van der Waals surface area contributed by atoms with Crippen LogP contribution in [0.3, 0.4) is 0 Å². The average Bonchev–Trinajstić information content (AvgIpc) is 0.714. The molecule has 25 nitrogen and oxygen atoms in total. The largest absolute Gasteiger partial charge is 1.00 e. The third kappa shape index (κ3) is 17.4. The van der Waals surface area contributed by atoms with E-state index in [0.29, 0.717) is 57.1 Å². The van der Waals surface area contributed by atoms with Gasteiger partial charge in [-0.3, -0.25) is 19.4 Å². The van der Waals surface area contributed by atoms with Crippen LogP contribution in [0.1, 0.15) is 134 Å². The van der Waals surface area contributed by atoms with Gasteiger partial charge in [-0.05, 0) is 110 Å². The van der Waals surface area contributed by atoms with Crippen LogP contribution in [0.5, 0.6) is 23.0 Å². The van der Waals surface area contributed by atoms with Crippen molar-refractivity contribution in [2.75, 3.05) is 133 Å². The Kier molecular flexibility index (Phi) is 25.3. The van der Waals surface area contributed by atoms with Crippen LogP contribution in [0, 0.1) is 56.2 Å². The number of carboxylic acid groups (broad SMARTS) is 1. The number of carboxylic acids is 1. The van der Waals surface area contributed by atoms with E-state index < -0.39 is 11.9 Å². The fourth-order valence-corrected chi connectivity index (χ4v) is 16.8.